The summed E-state index contributed by atoms with van der Waals surface area (Å²) >= 11 is 0. The lowest BCUT2D eigenvalue weighted by atomic mass is 10.2. The smallest absolute Gasteiger partial charge is 0.297 e. The molecule has 7 nitrogen and oxygen atoms in total. The fourth-order valence-corrected chi connectivity index (χ4v) is 3.18. The second-order valence-electron chi connectivity index (χ2n) is 6.37. The molecule has 28 heavy (non-hydrogen) atoms. The molecule has 0 saturated carbocycles. The Bertz CT molecular complexity index is 1210. The summed E-state index contributed by atoms with van der Waals surface area (Å²) in [5.74, 6) is 1.17. The van der Waals surface area contributed by atoms with Gasteiger partial charge in [-0.3, -0.25) is 9.59 Å². The number of aromatic nitrogens is 2. The summed E-state index contributed by atoms with van der Waals surface area (Å²) in [5, 5.41) is 1.72. The second kappa shape index (κ2) is 6.77. The van der Waals surface area contributed by atoms with Crippen molar-refractivity contribution in [1.29, 1.82) is 0 Å². The van der Waals surface area contributed by atoms with E-state index in [0.717, 1.165) is 11.3 Å². The Morgan fingerprint density at radius 3 is 2.43 bits per heavy atom. The van der Waals surface area contributed by atoms with Crippen molar-refractivity contribution in [2.75, 3.05) is 12.1 Å². The molecule has 1 aliphatic rings. The number of amidine groups is 1. The van der Waals surface area contributed by atoms with Gasteiger partial charge in [0.1, 0.15) is 23.1 Å². The van der Waals surface area contributed by atoms with Crippen LogP contribution in [0.1, 0.15) is 18.3 Å². The molecule has 3 aromatic rings. The molecule has 1 amide bonds. The molecule has 0 atom stereocenters. The SMILES string of the molecule is COc1ccc(/C=C2/N=C(C)N(n3c(C)nc4ccccc4c3=O)C2=O)cc1. The summed E-state index contributed by atoms with van der Waals surface area (Å²) in [5.41, 5.74) is 1.35. The molecule has 0 bridgehead atoms. The van der Waals surface area contributed by atoms with Gasteiger partial charge >= 0.3 is 0 Å². The number of hydrogen-bond donors (Lipinski definition) is 0. The normalized spacial score (nSPS) is 15.4. The van der Waals surface area contributed by atoms with Gasteiger partial charge in [0, 0.05) is 0 Å². The van der Waals surface area contributed by atoms with E-state index >= 15 is 0 Å². The molecule has 0 N–H and O–H groups in total. The molecular weight excluding hydrogens is 356 g/mol. The topological polar surface area (TPSA) is 76.8 Å². The maximum absolute atomic E-state index is 13.0. The zero-order valence-corrected chi connectivity index (χ0v) is 15.7. The lowest BCUT2D eigenvalue weighted by Gasteiger charge is -2.20. The van der Waals surface area contributed by atoms with E-state index in [0.29, 0.717) is 22.6 Å². The van der Waals surface area contributed by atoms with Crippen molar-refractivity contribution in [3.8, 4) is 5.75 Å². The van der Waals surface area contributed by atoms with Crippen molar-refractivity contribution in [3.63, 3.8) is 0 Å². The number of rotatable bonds is 3. The van der Waals surface area contributed by atoms with Crippen LogP contribution in [-0.4, -0.2) is 28.5 Å². The van der Waals surface area contributed by atoms with Gasteiger partial charge in [-0.15, -0.1) is 0 Å². The summed E-state index contributed by atoms with van der Waals surface area (Å²) < 4.78 is 6.42. The van der Waals surface area contributed by atoms with Crippen LogP contribution >= 0.6 is 0 Å². The highest BCUT2D eigenvalue weighted by Crippen LogP contribution is 2.20. The minimum atomic E-state index is -0.379. The molecule has 7 heteroatoms. The average molecular weight is 374 g/mol. The van der Waals surface area contributed by atoms with Gasteiger partial charge in [-0.2, -0.15) is 9.69 Å². The van der Waals surface area contributed by atoms with Crippen LogP contribution in [0.15, 0.2) is 64.0 Å². The predicted octanol–water partition coefficient (Wildman–Crippen LogP) is 2.65. The van der Waals surface area contributed by atoms with Gasteiger partial charge in [-0.25, -0.2) is 9.98 Å². The summed E-state index contributed by atoms with van der Waals surface area (Å²) in [7, 11) is 1.59. The first-order valence-electron chi connectivity index (χ1n) is 8.74. The van der Waals surface area contributed by atoms with Crippen molar-refractivity contribution < 1.29 is 9.53 Å². The zero-order chi connectivity index (χ0) is 19.8. The monoisotopic (exact) mass is 374 g/mol. The van der Waals surface area contributed by atoms with Gasteiger partial charge in [-0.1, -0.05) is 24.3 Å². The predicted molar refractivity (Wildman–Crippen MR) is 108 cm³/mol. The van der Waals surface area contributed by atoms with Gasteiger partial charge in [0.2, 0.25) is 0 Å². The van der Waals surface area contributed by atoms with Crippen molar-refractivity contribution >= 4 is 28.7 Å². The zero-order valence-electron chi connectivity index (χ0n) is 15.7. The van der Waals surface area contributed by atoms with Gasteiger partial charge in [0.05, 0.1) is 18.0 Å². The van der Waals surface area contributed by atoms with Crippen LogP contribution in [0.4, 0.5) is 0 Å². The Hall–Kier alpha value is -3.74. The molecule has 0 saturated heterocycles. The van der Waals surface area contributed by atoms with E-state index in [4.69, 9.17) is 4.74 Å². The Morgan fingerprint density at radius 1 is 1.00 bits per heavy atom. The number of carbonyl (C=O) groups is 1. The van der Waals surface area contributed by atoms with E-state index in [9.17, 15) is 9.59 Å². The standard InChI is InChI=1S/C21H18N4O3/c1-13-22-18-7-5-4-6-17(18)20(26)24(13)25-14(2)23-19(21(25)27)12-15-8-10-16(28-3)11-9-15/h4-12H,1-3H3/b19-12+. The van der Waals surface area contributed by atoms with Crippen molar-refractivity contribution in [3.05, 3.63) is 76.0 Å². The van der Waals surface area contributed by atoms with Crippen molar-refractivity contribution in [1.82, 2.24) is 9.66 Å². The van der Waals surface area contributed by atoms with Gasteiger partial charge in [0.25, 0.3) is 11.5 Å². The van der Waals surface area contributed by atoms with Crippen LogP contribution in [0.2, 0.25) is 0 Å². The van der Waals surface area contributed by atoms with E-state index in [1.54, 1.807) is 45.2 Å². The number of ether oxygens (including phenoxy) is 1. The van der Waals surface area contributed by atoms with Crippen LogP contribution in [0, 0.1) is 6.92 Å². The molecule has 1 aliphatic heterocycles. The fourth-order valence-electron chi connectivity index (χ4n) is 3.18. The first-order valence-corrected chi connectivity index (χ1v) is 8.74. The van der Waals surface area contributed by atoms with Crippen molar-refractivity contribution in [2.45, 2.75) is 13.8 Å². The van der Waals surface area contributed by atoms with E-state index in [-0.39, 0.29) is 17.2 Å². The van der Waals surface area contributed by atoms with E-state index in [1.165, 1.54) is 9.69 Å². The van der Waals surface area contributed by atoms with Crippen LogP contribution in [0.3, 0.4) is 0 Å². The summed E-state index contributed by atoms with van der Waals surface area (Å²) in [6, 6.07) is 14.3. The maximum atomic E-state index is 13.0. The Morgan fingerprint density at radius 2 is 1.71 bits per heavy atom. The summed E-state index contributed by atoms with van der Waals surface area (Å²) in [4.78, 5) is 34.8. The summed E-state index contributed by atoms with van der Waals surface area (Å²) in [6.45, 7) is 3.38. The number of amides is 1. The van der Waals surface area contributed by atoms with Crippen LogP contribution in [0.25, 0.3) is 17.0 Å². The third-order valence-electron chi connectivity index (χ3n) is 4.54. The number of para-hydroxylation sites is 1. The molecule has 140 valence electrons. The number of aliphatic imine (C=N–C) groups is 1. The quantitative estimate of drug-likeness (QED) is 0.661. The molecule has 2 aromatic carbocycles. The van der Waals surface area contributed by atoms with Crippen LogP contribution in [0.5, 0.6) is 5.75 Å². The lowest BCUT2D eigenvalue weighted by Crippen LogP contribution is -2.48. The molecule has 2 heterocycles. The molecule has 0 unspecified atom stereocenters. The molecule has 0 spiro atoms. The number of fused-ring (bicyclic) bond motifs is 1. The van der Waals surface area contributed by atoms with E-state index in [1.807, 2.05) is 30.3 Å². The van der Waals surface area contributed by atoms with E-state index < -0.39 is 0 Å². The highest BCUT2D eigenvalue weighted by molar-refractivity contribution is 6.23. The fraction of sp³-hybridized carbons (Fsp3) is 0.143. The lowest BCUT2D eigenvalue weighted by molar-refractivity contribution is -0.115. The molecular formula is C21H18N4O3. The van der Waals surface area contributed by atoms with Crippen LogP contribution in [-0.2, 0) is 4.79 Å². The first kappa shape index (κ1) is 17.7. The number of aryl methyl sites for hydroxylation is 1. The highest BCUT2D eigenvalue weighted by Gasteiger charge is 2.31. The molecule has 0 radical (unpaired) electrons. The number of benzene rings is 2. The molecule has 0 fully saturated rings. The summed E-state index contributed by atoms with van der Waals surface area (Å²) in [6.07, 6.45) is 1.68. The Labute approximate surface area is 161 Å². The highest BCUT2D eigenvalue weighted by atomic mass is 16.5. The minimum Gasteiger partial charge on any atom is -0.497 e. The molecule has 1 aromatic heterocycles. The Kier molecular flexibility index (Phi) is 4.27. The number of carbonyl (C=O) groups excluding carboxylic acids is 1. The number of hydrogen-bond acceptors (Lipinski definition) is 5. The largest absolute Gasteiger partial charge is 0.497 e. The average Bonchev–Trinajstić information content (AvgIpc) is 2.96. The maximum Gasteiger partial charge on any atom is 0.297 e. The number of nitrogens with zero attached hydrogens (tertiary/aromatic N) is 4. The third-order valence-corrected chi connectivity index (χ3v) is 4.54. The third kappa shape index (κ3) is 2.87. The molecule has 4 rings (SSSR count). The first-order chi connectivity index (χ1) is 13.5. The van der Waals surface area contributed by atoms with Gasteiger partial charge < -0.3 is 4.74 Å². The second-order valence-corrected chi connectivity index (χ2v) is 6.37. The minimum absolute atomic E-state index is 0.252. The number of methoxy groups -OCH3 is 1. The van der Waals surface area contributed by atoms with Gasteiger partial charge in [-0.05, 0) is 49.8 Å². The van der Waals surface area contributed by atoms with Crippen molar-refractivity contribution in [2.24, 2.45) is 4.99 Å². The van der Waals surface area contributed by atoms with Crippen LogP contribution < -0.4 is 15.3 Å². The van der Waals surface area contributed by atoms with E-state index in [2.05, 4.69) is 9.98 Å². The molecule has 0 aliphatic carbocycles. The van der Waals surface area contributed by atoms with Gasteiger partial charge in [0.15, 0.2) is 0 Å². The Balaban J connectivity index is 1.77.